The second kappa shape index (κ2) is 6.05. The fraction of sp³-hybridized carbons (Fsp3) is 1.00. The summed E-state index contributed by atoms with van der Waals surface area (Å²) in [6.07, 6.45) is 3.54. The Morgan fingerprint density at radius 1 is 1.22 bits per heavy atom. The first-order valence-electron chi connectivity index (χ1n) is 3.75. The maximum atomic E-state index is 5.49. The minimum atomic E-state index is 0.667. The Morgan fingerprint density at radius 2 is 1.89 bits per heavy atom. The Kier molecular flexibility index (Phi) is 5.99. The third kappa shape index (κ3) is 4.43. The molecule has 0 fully saturated rings. The van der Waals surface area contributed by atoms with E-state index in [1.807, 2.05) is 0 Å². The van der Waals surface area contributed by atoms with Gasteiger partial charge in [-0.15, -0.1) is 0 Å². The van der Waals surface area contributed by atoms with Gasteiger partial charge in [0.1, 0.15) is 0 Å². The van der Waals surface area contributed by atoms with Gasteiger partial charge >= 0.3 is 0 Å². The van der Waals surface area contributed by atoms with Crippen molar-refractivity contribution in [2.24, 2.45) is 17.4 Å². The fourth-order valence-corrected chi connectivity index (χ4v) is 1.02. The summed E-state index contributed by atoms with van der Waals surface area (Å²) in [7, 11) is 0. The summed E-state index contributed by atoms with van der Waals surface area (Å²) < 4.78 is 0. The van der Waals surface area contributed by atoms with Crippen molar-refractivity contribution in [3.8, 4) is 0 Å². The van der Waals surface area contributed by atoms with Crippen molar-refractivity contribution in [3.05, 3.63) is 0 Å². The molecule has 0 aromatic rings. The molecule has 0 aliphatic heterocycles. The van der Waals surface area contributed by atoms with Crippen molar-refractivity contribution < 1.29 is 0 Å². The van der Waals surface area contributed by atoms with E-state index in [2.05, 4.69) is 6.92 Å². The van der Waals surface area contributed by atoms with Crippen molar-refractivity contribution in [2.45, 2.75) is 26.2 Å². The van der Waals surface area contributed by atoms with Crippen LogP contribution in [-0.2, 0) is 0 Å². The Morgan fingerprint density at radius 3 is 2.22 bits per heavy atom. The largest absolute Gasteiger partial charge is 0.330 e. The van der Waals surface area contributed by atoms with E-state index in [1.165, 1.54) is 12.8 Å². The number of rotatable bonds is 5. The zero-order valence-corrected chi connectivity index (χ0v) is 6.27. The maximum absolute atomic E-state index is 5.49. The van der Waals surface area contributed by atoms with Crippen LogP contribution in [0.1, 0.15) is 26.2 Å². The van der Waals surface area contributed by atoms with E-state index in [0.717, 1.165) is 19.5 Å². The summed E-state index contributed by atoms with van der Waals surface area (Å²) >= 11 is 0. The summed E-state index contributed by atoms with van der Waals surface area (Å²) in [6.45, 7) is 3.76. The predicted octanol–water partition coefficient (Wildman–Crippen LogP) is 0.710. The second-order valence-electron chi connectivity index (χ2n) is 2.47. The number of hydrogen-bond donors (Lipinski definition) is 2. The van der Waals surface area contributed by atoms with E-state index in [-0.39, 0.29) is 0 Å². The van der Waals surface area contributed by atoms with Crippen LogP contribution in [0.15, 0.2) is 0 Å². The lowest BCUT2D eigenvalue weighted by Gasteiger charge is -2.10. The van der Waals surface area contributed by atoms with E-state index in [9.17, 15) is 0 Å². The molecule has 0 aromatic heterocycles. The Labute approximate surface area is 57.6 Å². The monoisotopic (exact) mass is 130 g/mol. The third-order valence-electron chi connectivity index (χ3n) is 1.61. The molecule has 0 radical (unpaired) electrons. The van der Waals surface area contributed by atoms with E-state index in [1.54, 1.807) is 0 Å². The van der Waals surface area contributed by atoms with Crippen LogP contribution in [0.4, 0.5) is 0 Å². The van der Waals surface area contributed by atoms with E-state index in [0.29, 0.717) is 5.92 Å². The average molecular weight is 130 g/mol. The lowest BCUT2D eigenvalue weighted by Crippen LogP contribution is -2.17. The molecule has 0 aliphatic carbocycles. The molecular formula is C7H18N2. The molecule has 0 aliphatic rings. The summed E-state index contributed by atoms with van der Waals surface area (Å²) in [6, 6.07) is 0. The quantitative estimate of drug-likeness (QED) is 0.576. The first-order chi connectivity index (χ1) is 4.35. The molecule has 2 heteroatoms. The minimum Gasteiger partial charge on any atom is -0.330 e. The minimum absolute atomic E-state index is 0.667. The Bertz CT molecular complexity index is 48.9. The molecule has 0 aromatic carbocycles. The average Bonchev–Trinajstić information content (AvgIpc) is 1.88. The van der Waals surface area contributed by atoms with Gasteiger partial charge in [0.25, 0.3) is 0 Å². The lowest BCUT2D eigenvalue weighted by atomic mass is 10.0. The molecule has 1 unspecified atom stereocenters. The van der Waals surface area contributed by atoms with Crippen LogP contribution in [0, 0.1) is 5.92 Å². The molecule has 0 saturated heterocycles. The number of nitrogens with two attached hydrogens (primary N) is 2. The van der Waals surface area contributed by atoms with Crippen LogP contribution in [-0.4, -0.2) is 13.1 Å². The second-order valence-corrected chi connectivity index (χ2v) is 2.47. The Hall–Kier alpha value is -0.0800. The smallest absolute Gasteiger partial charge is 0.00484 e. The predicted molar refractivity (Wildman–Crippen MR) is 41.1 cm³/mol. The van der Waals surface area contributed by atoms with Gasteiger partial charge in [0.2, 0.25) is 0 Å². The molecule has 0 saturated carbocycles. The Balaban J connectivity index is 3.18. The first kappa shape index (κ1) is 8.92. The molecule has 0 amide bonds. The van der Waals surface area contributed by atoms with Crippen LogP contribution in [0.5, 0.6) is 0 Å². The highest BCUT2D eigenvalue weighted by Crippen LogP contribution is 2.07. The highest BCUT2D eigenvalue weighted by atomic mass is 14.6. The zero-order chi connectivity index (χ0) is 7.11. The standard InChI is InChI=1S/C7H18N2/c1-2-3-7(6-9)4-5-8/h7H,2-6,8-9H2,1H3. The van der Waals surface area contributed by atoms with Crippen molar-refractivity contribution in [1.29, 1.82) is 0 Å². The highest BCUT2D eigenvalue weighted by molar-refractivity contribution is 4.58. The fourth-order valence-electron chi connectivity index (χ4n) is 1.02. The molecule has 56 valence electrons. The maximum Gasteiger partial charge on any atom is -0.00484 e. The molecule has 0 rings (SSSR count). The summed E-state index contributed by atoms with van der Waals surface area (Å²) in [5.41, 5.74) is 10.9. The van der Waals surface area contributed by atoms with Crippen LogP contribution in [0.2, 0.25) is 0 Å². The van der Waals surface area contributed by atoms with Gasteiger partial charge < -0.3 is 11.5 Å². The van der Waals surface area contributed by atoms with Crippen molar-refractivity contribution in [2.75, 3.05) is 13.1 Å². The van der Waals surface area contributed by atoms with Gasteiger partial charge in [-0.1, -0.05) is 13.3 Å². The summed E-state index contributed by atoms with van der Waals surface area (Å²) in [5, 5.41) is 0. The molecule has 1 atom stereocenters. The topological polar surface area (TPSA) is 52.0 Å². The van der Waals surface area contributed by atoms with Gasteiger partial charge in [-0.05, 0) is 31.8 Å². The molecule has 0 heterocycles. The van der Waals surface area contributed by atoms with Gasteiger partial charge in [-0.2, -0.15) is 0 Å². The van der Waals surface area contributed by atoms with Crippen LogP contribution in [0.3, 0.4) is 0 Å². The van der Waals surface area contributed by atoms with Crippen LogP contribution >= 0.6 is 0 Å². The molecule has 0 bridgehead atoms. The van der Waals surface area contributed by atoms with E-state index < -0.39 is 0 Å². The summed E-state index contributed by atoms with van der Waals surface area (Å²) in [5.74, 6) is 0.667. The molecular weight excluding hydrogens is 112 g/mol. The van der Waals surface area contributed by atoms with Gasteiger partial charge in [-0.3, -0.25) is 0 Å². The van der Waals surface area contributed by atoms with Crippen molar-refractivity contribution >= 4 is 0 Å². The lowest BCUT2D eigenvalue weighted by molar-refractivity contribution is 0.462. The SMILES string of the molecule is CCCC(CN)CCN. The van der Waals surface area contributed by atoms with Crippen molar-refractivity contribution in [1.82, 2.24) is 0 Å². The number of hydrogen-bond acceptors (Lipinski definition) is 2. The third-order valence-corrected chi connectivity index (χ3v) is 1.61. The molecule has 4 N–H and O–H groups in total. The molecule has 0 spiro atoms. The first-order valence-corrected chi connectivity index (χ1v) is 3.75. The van der Waals surface area contributed by atoms with Crippen LogP contribution < -0.4 is 11.5 Å². The van der Waals surface area contributed by atoms with Crippen LogP contribution in [0.25, 0.3) is 0 Å². The zero-order valence-electron chi connectivity index (χ0n) is 6.27. The van der Waals surface area contributed by atoms with Gasteiger partial charge in [0, 0.05) is 0 Å². The normalized spacial score (nSPS) is 13.7. The van der Waals surface area contributed by atoms with E-state index in [4.69, 9.17) is 11.5 Å². The molecule has 2 nitrogen and oxygen atoms in total. The summed E-state index contributed by atoms with van der Waals surface area (Å²) in [4.78, 5) is 0. The van der Waals surface area contributed by atoms with Gasteiger partial charge in [-0.25, -0.2) is 0 Å². The van der Waals surface area contributed by atoms with Crippen molar-refractivity contribution in [3.63, 3.8) is 0 Å². The highest BCUT2D eigenvalue weighted by Gasteiger charge is 2.01. The van der Waals surface area contributed by atoms with E-state index >= 15 is 0 Å². The molecule has 9 heavy (non-hydrogen) atoms. The van der Waals surface area contributed by atoms with Gasteiger partial charge in [0.05, 0.1) is 0 Å². The van der Waals surface area contributed by atoms with Gasteiger partial charge in [0.15, 0.2) is 0 Å².